The zero-order chi connectivity index (χ0) is 12.0. The number of methoxy groups -OCH3 is 1. The molecule has 0 aliphatic heterocycles. The SMILES string of the molecule is COCC(C)OCC(O)CNC1CC(O)C1. The largest absolute Gasteiger partial charge is 0.393 e. The number of hydrogen-bond donors (Lipinski definition) is 3. The first-order valence-electron chi connectivity index (χ1n) is 5.82. The molecule has 0 heterocycles. The van der Waals surface area contributed by atoms with Crippen molar-refractivity contribution in [3.8, 4) is 0 Å². The lowest BCUT2D eigenvalue weighted by atomic mass is 9.89. The molecule has 1 fully saturated rings. The van der Waals surface area contributed by atoms with Crippen molar-refractivity contribution in [2.45, 2.75) is 44.1 Å². The summed E-state index contributed by atoms with van der Waals surface area (Å²) in [5, 5.41) is 21.9. The van der Waals surface area contributed by atoms with Crippen LogP contribution in [0, 0.1) is 0 Å². The molecule has 1 saturated carbocycles. The fourth-order valence-corrected chi connectivity index (χ4v) is 1.67. The third kappa shape index (κ3) is 5.23. The second-order valence-electron chi connectivity index (χ2n) is 4.48. The molecule has 2 unspecified atom stereocenters. The number of nitrogens with one attached hydrogen (secondary N) is 1. The Balaban J connectivity index is 1.96. The van der Waals surface area contributed by atoms with Crippen molar-refractivity contribution in [1.82, 2.24) is 5.32 Å². The molecule has 0 radical (unpaired) electrons. The molecule has 0 aromatic carbocycles. The van der Waals surface area contributed by atoms with Gasteiger partial charge in [-0.2, -0.15) is 0 Å². The van der Waals surface area contributed by atoms with E-state index in [4.69, 9.17) is 14.6 Å². The van der Waals surface area contributed by atoms with Crippen molar-refractivity contribution >= 4 is 0 Å². The summed E-state index contributed by atoms with van der Waals surface area (Å²) >= 11 is 0. The molecule has 5 nitrogen and oxygen atoms in total. The van der Waals surface area contributed by atoms with E-state index < -0.39 is 6.10 Å². The van der Waals surface area contributed by atoms with E-state index in [-0.39, 0.29) is 12.2 Å². The third-order valence-corrected chi connectivity index (χ3v) is 2.73. The van der Waals surface area contributed by atoms with Crippen LogP contribution in [-0.2, 0) is 9.47 Å². The maximum Gasteiger partial charge on any atom is 0.0897 e. The Morgan fingerprint density at radius 2 is 2.06 bits per heavy atom. The average molecular weight is 233 g/mol. The number of aliphatic hydroxyl groups excluding tert-OH is 2. The number of ether oxygens (including phenoxy) is 2. The minimum atomic E-state index is -0.503. The van der Waals surface area contributed by atoms with Gasteiger partial charge in [0.1, 0.15) is 0 Å². The molecule has 0 aromatic rings. The minimum absolute atomic E-state index is 0.00479. The van der Waals surface area contributed by atoms with E-state index in [0.717, 1.165) is 12.8 Å². The minimum Gasteiger partial charge on any atom is -0.393 e. The fraction of sp³-hybridized carbons (Fsp3) is 1.00. The van der Waals surface area contributed by atoms with E-state index in [2.05, 4.69) is 5.32 Å². The van der Waals surface area contributed by atoms with Crippen molar-refractivity contribution < 1.29 is 19.7 Å². The molecule has 1 aliphatic carbocycles. The van der Waals surface area contributed by atoms with E-state index in [1.807, 2.05) is 6.92 Å². The van der Waals surface area contributed by atoms with Gasteiger partial charge < -0.3 is 25.0 Å². The summed E-state index contributed by atoms with van der Waals surface area (Å²) in [6.45, 7) is 3.27. The van der Waals surface area contributed by atoms with Crippen molar-refractivity contribution in [2.24, 2.45) is 0 Å². The summed E-state index contributed by atoms with van der Waals surface area (Å²) in [4.78, 5) is 0. The van der Waals surface area contributed by atoms with Gasteiger partial charge in [0.05, 0.1) is 31.5 Å². The first-order chi connectivity index (χ1) is 7.61. The molecule has 0 amide bonds. The van der Waals surface area contributed by atoms with Gasteiger partial charge in [0.25, 0.3) is 0 Å². The van der Waals surface area contributed by atoms with Crippen LogP contribution < -0.4 is 5.32 Å². The van der Waals surface area contributed by atoms with Gasteiger partial charge in [0.2, 0.25) is 0 Å². The Morgan fingerprint density at radius 3 is 2.62 bits per heavy atom. The van der Waals surface area contributed by atoms with Crippen LogP contribution in [0.5, 0.6) is 0 Å². The van der Waals surface area contributed by atoms with E-state index in [9.17, 15) is 5.11 Å². The second-order valence-corrected chi connectivity index (χ2v) is 4.48. The lowest BCUT2D eigenvalue weighted by Crippen LogP contribution is -2.47. The standard InChI is InChI=1S/C11H23NO4/c1-8(6-15-2)16-7-11(14)5-12-9-3-10(13)4-9/h8-14H,3-7H2,1-2H3. The van der Waals surface area contributed by atoms with Crippen molar-refractivity contribution in [2.75, 3.05) is 26.9 Å². The van der Waals surface area contributed by atoms with Gasteiger partial charge in [-0.15, -0.1) is 0 Å². The molecule has 0 saturated heterocycles. The van der Waals surface area contributed by atoms with Crippen LogP contribution in [0.25, 0.3) is 0 Å². The Bertz CT molecular complexity index is 176. The van der Waals surface area contributed by atoms with Gasteiger partial charge in [-0.25, -0.2) is 0 Å². The summed E-state index contributed by atoms with van der Waals surface area (Å²) < 4.78 is 10.3. The molecule has 96 valence electrons. The van der Waals surface area contributed by atoms with Crippen molar-refractivity contribution in [1.29, 1.82) is 0 Å². The van der Waals surface area contributed by atoms with E-state index in [0.29, 0.717) is 25.8 Å². The van der Waals surface area contributed by atoms with Crippen LogP contribution >= 0.6 is 0 Å². The Morgan fingerprint density at radius 1 is 1.38 bits per heavy atom. The molecule has 2 atom stereocenters. The van der Waals surface area contributed by atoms with Gasteiger partial charge in [0, 0.05) is 19.7 Å². The molecular weight excluding hydrogens is 210 g/mol. The third-order valence-electron chi connectivity index (χ3n) is 2.73. The normalized spacial score (nSPS) is 28.5. The van der Waals surface area contributed by atoms with Crippen LogP contribution in [0.3, 0.4) is 0 Å². The molecule has 3 N–H and O–H groups in total. The Labute approximate surface area is 96.7 Å². The van der Waals surface area contributed by atoms with Crippen LogP contribution in [0.2, 0.25) is 0 Å². The van der Waals surface area contributed by atoms with Crippen LogP contribution in [-0.4, -0.2) is 61.4 Å². The zero-order valence-corrected chi connectivity index (χ0v) is 10.1. The summed E-state index contributed by atoms with van der Waals surface area (Å²) in [5.74, 6) is 0. The predicted octanol–water partition coefficient (Wildman–Crippen LogP) is -0.488. The molecule has 0 spiro atoms. The predicted molar refractivity (Wildman–Crippen MR) is 60.3 cm³/mol. The quantitative estimate of drug-likeness (QED) is 0.528. The van der Waals surface area contributed by atoms with Crippen molar-refractivity contribution in [3.05, 3.63) is 0 Å². The summed E-state index contributed by atoms with van der Waals surface area (Å²) in [7, 11) is 1.62. The molecule has 1 rings (SSSR count). The maximum absolute atomic E-state index is 9.61. The molecule has 5 heteroatoms. The van der Waals surface area contributed by atoms with E-state index in [1.165, 1.54) is 0 Å². The summed E-state index contributed by atoms with van der Waals surface area (Å²) in [5.41, 5.74) is 0. The average Bonchev–Trinajstić information content (AvgIpc) is 2.20. The number of hydrogen-bond acceptors (Lipinski definition) is 5. The lowest BCUT2D eigenvalue weighted by molar-refractivity contribution is -0.0337. The highest BCUT2D eigenvalue weighted by Gasteiger charge is 2.26. The highest BCUT2D eigenvalue weighted by molar-refractivity contribution is 4.85. The maximum atomic E-state index is 9.61. The first kappa shape index (κ1) is 13.9. The van der Waals surface area contributed by atoms with Crippen LogP contribution in [0.15, 0.2) is 0 Å². The van der Waals surface area contributed by atoms with Crippen LogP contribution in [0.1, 0.15) is 19.8 Å². The van der Waals surface area contributed by atoms with Gasteiger partial charge in [-0.05, 0) is 19.8 Å². The number of rotatable bonds is 8. The summed E-state index contributed by atoms with van der Waals surface area (Å²) in [6.07, 6.45) is 0.913. The van der Waals surface area contributed by atoms with E-state index in [1.54, 1.807) is 7.11 Å². The fourth-order valence-electron chi connectivity index (χ4n) is 1.67. The lowest BCUT2D eigenvalue weighted by Gasteiger charge is -2.32. The highest BCUT2D eigenvalue weighted by Crippen LogP contribution is 2.18. The molecule has 16 heavy (non-hydrogen) atoms. The topological polar surface area (TPSA) is 71.0 Å². The monoisotopic (exact) mass is 233 g/mol. The second kappa shape index (κ2) is 7.19. The smallest absolute Gasteiger partial charge is 0.0897 e. The zero-order valence-electron chi connectivity index (χ0n) is 10.1. The van der Waals surface area contributed by atoms with Crippen LogP contribution in [0.4, 0.5) is 0 Å². The first-order valence-corrected chi connectivity index (χ1v) is 5.82. The van der Waals surface area contributed by atoms with E-state index >= 15 is 0 Å². The highest BCUT2D eigenvalue weighted by atomic mass is 16.5. The van der Waals surface area contributed by atoms with Gasteiger partial charge in [0.15, 0.2) is 0 Å². The Hall–Kier alpha value is -0.200. The van der Waals surface area contributed by atoms with Gasteiger partial charge >= 0.3 is 0 Å². The number of aliphatic hydroxyl groups is 2. The molecule has 0 aromatic heterocycles. The van der Waals surface area contributed by atoms with Crippen molar-refractivity contribution in [3.63, 3.8) is 0 Å². The Kier molecular flexibility index (Phi) is 6.23. The molecule has 1 aliphatic rings. The van der Waals surface area contributed by atoms with Gasteiger partial charge in [-0.3, -0.25) is 0 Å². The molecule has 0 bridgehead atoms. The van der Waals surface area contributed by atoms with Gasteiger partial charge in [-0.1, -0.05) is 0 Å². The molecular formula is C11H23NO4. The summed E-state index contributed by atoms with van der Waals surface area (Å²) in [6, 6.07) is 0.348.